The van der Waals surface area contributed by atoms with E-state index in [1.54, 1.807) is 24.3 Å². The Kier molecular flexibility index (Phi) is 8.25. The maximum Gasteiger partial charge on any atom is 0.338 e. The van der Waals surface area contributed by atoms with Gasteiger partial charge in [-0.3, -0.25) is 13.9 Å². The number of fused-ring (bicyclic) bond motifs is 1. The standard InChI is InChI=1S/C31H26F2N8O4S/c1-38(2)15-21-26-28(42)41(24-11-12-25(45-3)37-36-24)31(44)40(16-20-22(32)5-4-6-23(20)33)29(26)46-27(21)18-7-9-19(10-8-18)35-30(43)39-14-13-34-17-39/h4-14,17H,15-16H2,1-3H3,(H,35,43). The number of nitrogens with one attached hydrogen (secondary N) is 1. The average molecular weight is 645 g/mol. The van der Waals surface area contributed by atoms with Gasteiger partial charge in [0.25, 0.3) is 5.56 Å². The number of amides is 1. The molecule has 6 rings (SSSR count). The first kappa shape index (κ1) is 30.5. The predicted molar refractivity (Wildman–Crippen MR) is 169 cm³/mol. The van der Waals surface area contributed by atoms with Gasteiger partial charge >= 0.3 is 11.7 Å². The van der Waals surface area contributed by atoms with Gasteiger partial charge in [0.2, 0.25) is 5.88 Å². The van der Waals surface area contributed by atoms with Crippen LogP contribution in [0.5, 0.6) is 5.88 Å². The quantitative estimate of drug-likeness (QED) is 0.259. The van der Waals surface area contributed by atoms with Gasteiger partial charge in [0.1, 0.15) is 22.8 Å². The van der Waals surface area contributed by atoms with E-state index in [1.807, 2.05) is 19.0 Å². The van der Waals surface area contributed by atoms with Crippen molar-refractivity contribution in [2.75, 3.05) is 26.5 Å². The number of hydrogen-bond donors (Lipinski definition) is 1. The van der Waals surface area contributed by atoms with E-state index in [0.717, 1.165) is 28.0 Å². The molecule has 0 fully saturated rings. The highest BCUT2D eigenvalue weighted by Gasteiger charge is 2.26. The van der Waals surface area contributed by atoms with Crippen molar-refractivity contribution in [1.29, 1.82) is 0 Å². The molecule has 0 saturated carbocycles. The van der Waals surface area contributed by atoms with E-state index in [2.05, 4.69) is 20.5 Å². The van der Waals surface area contributed by atoms with Crippen LogP contribution in [0, 0.1) is 11.6 Å². The third-order valence-corrected chi connectivity index (χ3v) is 8.43. The molecule has 6 aromatic rings. The number of rotatable bonds is 8. The van der Waals surface area contributed by atoms with Gasteiger partial charge in [0.05, 0.1) is 19.0 Å². The van der Waals surface area contributed by atoms with Gasteiger partial charge in [-0.05, 0) is 55.6 Å². The number of hydrogen-bond acceptors (Lipinski definition) is 9. The Balaban J connectivity index is 1.57. The second-order valence-electron chi connectivity index (χ2n) is 10.4. The predicted octanol–water partition coefficient (Wildman–Crippen LogP) is 4.34. The molecule has 0 aliphatic rings. The van der Waals surface area contributed by atoms with E-state index in [9.17, 15) is 23.2 Å². The van der Waals surface area contributed by atoms with E-state index in [1.165, 1.54) is 53.2 Å². The summed E-state index contributed by atoms with van der Waals surface area (Å²) in [6.45, 7) is -0.192. The lowest BCUT2D eigenvalue weighted by atomic mass is 10.1. The molecule has 0 saturated heterocycles. The van der Waals surface area contributed by atoms with Gasteiger partial charge < -0.3 is 15.0 Å². The van der Waals surface area contributed by atoms with Crippen molar-refractivity contribution in [3.63, 3.8) is 0 Å². The minimum Gasteiger partial charge on any atom is -0.480 e. The lowest BCUT2D eigenvalue weighted by molar-refractivity contribution is 0.253. The first-order valence-electron chi connectivity index (χ1n) is 13.8. The normalized spacial score (nSPS) is 11.3. The number of thiophene rings is 1. The number of nitrogens with zero attached hydrogens (tertiary/aromatic N) is 7. The number of benzene rings is 2. The van der Waals surface area contributed by atoms with Gasteiger partial charge in [-0.25, -0.2) is 27.9 Å². The fourth-order valence-corrected chi connectivity index (χ4v) is 6.27. The molecule has 12 nitrogen and oxygen atoms in total. The molecule has 0 unspecified atom stereocenters. The number of methoxy groups -OCH3 is 1. The number of halogens is 2. The Morgan fingerprint density at radius 1 is 1.00 bits per heavy atom. The molecule has 0 radical (unpaired) electrons. The zero-order chi connectivity index (χ0) is 32.5. The van der Waals surface area contributed by atoms with Crippen molar-refractivity contribution in [2.24, 2.45) is 0 Å². The summed E-state index contributed by atoms with van der Waals surface area (Å²) in [7, 11) is 5.07. The number of carbonyl (C=O) groups excluding carboxylic acids is 1. The molecular weight excluding hydrogens is 618 g/mol. The molecule has 0 atom stereocenters. The maximum atomic E-state index is 14.9. The molecule has 1 amide bonds. The summed E-state index contributed by atoms with van der Waals surface area (Å²) in [5.41, 5.74) is -0.0214. The largest absolute Gasteiger partial charge is 0.480 e. The van der Waals surface area contributed by atoms with Crippen molar-refractivity contribution in [2.45, 2.75) is 13.1 Å². The fourth-order valence-electron chi connectivity index (χ4n) is 4.97. The lowest BCUT2D eigenvalue weighted by Crippen LogP contribution is -2.39. The monoisotopic (exact) mass is 644 g/mol. The topological polar surface area (TPSA) is 129 Å². The van der Waals surface area contributed by atoms with Gasteiger partial charge in [-0.2, -0.15) is 0 Å². The molecule has 0 aliphatic heterocycles. The molecule has 4 heterocycles. The van der Waals surface area contributed by atoms with Crippen LogP contribution in [-0.2, 0) is 13.1 Å². The Labute approximate surface area is 263 Å². The van der Waals surface area contributed by atoms with Crippen molar-refractivity contribution >= 4 is 33.3 Å². The van der Waals surface area contributed by atoms with Crippen molar-refractivity contribution in [3.05, 3.63) is 117 Å². The van der Waals surface area contributed by atoms with Crippen LogP contribution in [-0.4, -0.2) is 61.0 Å². The Morgan fingerprint density at radius 3 is 2.35 bits per heavy atom. The van der Waals surface area contributed by atoms with E-state index in [4.69, 9.17) is 4.74 Å². The molecule has 46 heavy (non-hydrogen) atoms. The molecule has 0 spiro atoms. The summed E-state index contributed by atoms with van der Waals surface area (Å²) in [5, 5.41) is 10.9. The Hall–Kier alpha value is -5.54. The molecule has 4 aromatic heterocycles. The smallest absolute Gasteiger partial charge is 0.338 e. The highest BCUT2D eigenvalue weighted by molar-refractivity contribution is 7.22. The first-order chi connectivity index (χ1) is 22.2. The summed E-state index contributed by atoms with van der Waals surface area (Å²) in [4.78, 5) is 47.4. The Bertz CT molecular complexity index is 2150. The SMILES string of the molecule is COc1ccc(-n2c(=O)c3c(CN(C)C)c(-c4ccc(NC(=O)n5ccnc5)cc4)sc3n(Cc3c(F)cccc3F)c2=O)nn1. The minimum atomic E-state index is -0.846. The molecule has 2 aromatic carbocycles. The molecule has 0 bridgehead atoms. The summed E-state index contributed by atoms with van der Waals surface area (Å²) in [6.07, 6.45) is 4.39. The fraction of sp³-hybridized carbons (Fsp3) is 0.161. The van der Waals surface area contributed by atoms with E-state index in [0.29, 0.717) is 28.2 Å². The van der Waals surface area contributed by atoms with Gasteiger partial charge in [0, 0.05) is 41.1 Å². The highest BCUT2D eigenvalue weighted by Crippen LogP contribution is 2.38. The van der Waals surface area contributed by atoms with Crippen molar-refractivity contribution in [1.82, 2.24) is 33.8 Å². The van der Waals surface area contributed by atoms with E-state index < -0.39 is 35.5 Å². The van der Waals surface area contributed by atoms with Crippen LogP contribution in [0.3, 0.4) is 0 Å². The Morgan fingerprint density at radius 2 is 1.74 bits per heavy atom. The van der Waals surface area contributed by atoms with Crippen LogP contribution < -0.4 is 21.3 Å². The molecule has 15 heteroatoms. The zero-order valence-corrected chi connectivity index (χ0v) is 25.6. The zero-order valence-electron chi connectivity index (χ0n) is 24.8. The van der Waals surface area contributed by atoms with Crippen LogP contribution in [0.1, 0.15) is 11.1 Å². The third kappa shape index (κ3) is 5.68. The van der Waals surface area contributed by atoms with Gasteiger partial charge in [-0.15, -0.1) is 21.5 Å². The number of aromatic nitrogens is 6. The first-order valence-corrected chi connectivity index (χ1v) is 14.6. The van der Waals surface area contributed by atoms with Crippen LogP contribution in [0.25, 0.3) is 26.5 Å². The van der Waals surface area contributed by atoms with Crippen LogP contribution in [0.15, 0.2) is 82.9 Å². The van der Waals surface area contributed by atoms with Gasteiger partial charge in [0.15, 0.2) is 5.82 Å². The second kappa shape index (κ2) is 12.5. The number of carbonyl (C=O) groups is 1. The van der Waals surface area contributed by atoms with Crippen LogP contribution >= 0.6 is 11.3 Å². The van der Waals surface area contributed by atoms with Crippen LogP contribution in [0.4, 0.5) is 19.3 Å². The van der Waals surface area contributed by atoms with Crippen molar-refractivity contribution < 1.29 is 18.3 Å². The van der Waals surface area contributed by atoms with Crippen LogP contribution in [0.2, 0.25) is 0 Å². The summed E-state index contributed by atoms with van der Waals surface area (Å²) < 4.78 is 38.2. The second-order valence-corrected chi connectivity index (χ2v) is 11.4. The number of imidazole rings is 1. The molecular formula is C31H26F2N8O4S. The molecule has 1 N–H and O–H groups in total. The molecule has 0 aliphatic carbocycles. The summed E-state index contributed by atoms with van der Waals surface area (Å²) in [6, 6.07) is 12.9. The summed E-state index contributed by atoms with van der Waals surface area (Å²) in [5.74, 6) is -1.58. The third-order valence-electron chi connectivity index (χ3n) is 7.13. The van der Waals surface area contributed by atoms with E-state index >= 15 is 0 Å². The van der Waals surface area contributed by atoms with Crippen molar-refractivity contribution in [3.8, 4) is 22.1 Å². The number of anilines is 1. The molecule has 234 valence electrons. The average Bonchev–Trinajstić information content (AvgIpc) is 3.71. The number of ether oxygens (including phenoxy) is 1. The minimum absolute atomic E-state index is 0.0815. The highest BCUT2D eigenvalue weighted by atomic mass is 32.1. The summed E-state index contributed by atoms with van der Waals surface area (Å²) >= 11 is 1.15. The maximum absolute atomic E-state index is 14.9. The van der Waals surface area contributed by atoms with E-state index in [-0.39, 0.29) is 27.5 Å². The lowest BCUT2D eigenvalue weighted by Gasteiger charge is -2.14. The van der Waals surface area contributed by atoms with Gasteiger partial charge in [-0.1, -0.05) is 18.2 Å².